The highest BCUT2D eigenvalue weighted by molar-refractivity contribution is 8.13. The topological polar surface area (TPSA) is 50.3 Å². The Balaban J connectivity index is 2.42. The summed E-state index contributed by atoms with van der Waals surface area (Å²) in [5.41, 5.74) is 0.811. The first kappa shape index (κ1) is 15.5. The van der Waals surface area contributed by atoms with Gasteiger partial charge in [-0.3, -0.25) is 0 Å². The Morgan fingerprint density at radius 3 is 2.45 bits per heavy atom. The van der Waals surface area contributed by atoms with Gasteiger partial charge in [-0.1, -0.05) is 25.2 Å². The van der Waals surface area contributed by atoms with E-state index >= 15 is 0 Å². The molecule has 2 rings (SSSR count). The molecular formula is C13H17ClN2O2S2. The third kappa shape index (κ3) is 3.42. The lowest BCUT2D eigenvalue weighted by Gasteiger charge is -2.19. The summed E-state index contributed by atoms with van der Waals surface area (Å²) in [6, 6.07) is 4.80. The summed E-state index contributed by atoms with van der Waals surface area (Å²) in [7, 11) is 1.69. The molecule has 0 aliphatic heterocycles. The molecule has 0 amide bonds. The van der Waals surface area contributed by atoms with Crippen LogP contribution in [-0.2, 0) is 9.05 Å². The summed E-state index contributed by atoms with van der Waals surface area (Å²) < 4.78 is 23.6. The van der Waals surface area contributed by atoms with Crippen molar-refractivity contribution >= 4 is 46.4 Å². The van der Waals surface area contributed by atoms with E-state index in [-0.39, 0.29) is 4.90 Å². The Morgan fingerprint density at radius 1 is 1.25 bits per heavy atom. The first-order chi connectivity index (χ1) is 9.45. The van der Waals surface area contributed by atoms with Crippen LogP contribution in [0, 0.1) is 0 Å². The van der Waals surface area contributed by atoms with Gasteiger partial charge in [-0.2, -0.15) is 0 Å². The minimum absolute atomic E-state index is 0.124. The van der Waals surface area contributed by atoms with Gasteiger partial charge in [0.25, 0.3) is 9.05 Å². The molecule has 20 heavy (non-hydrogen) atoms. The second kappa shape index (κ2) is 6.28. The van der Waals surface area contributed by atoms with Crippen LogP contribution in [0.1, 0.15) is 26.7 Å². The smallest absolute Gasteiger partial charge is 0.261 e. The SMILES string of the molecule is CCCN(CCC)c1nc2ccc(S(=O)(=O)Cl)cc2s1. The third-order valence-electron chi connectivity index (χ3n) is 2.89. The number of benzene rings is 1. The monoisotopic (exact) mass is 332 g/mol. The predicted octanol–water partition coefficient (Wildman–Crippen LogP) is 3.85. The van der Waals surface area contributed by atoms with Crippen molar-refractivity contribution in [2.24, 2.45) is 0 Å². The van der Waals surface area contributed by atoms with E-state index in [0.29, 0.717) is 0 Å². The van der Waals surface area contributed by atoms with Gasteiger partial charge in [-0.05, 0) is 31.0 Å². The van der Waals surface area contributed by atoms with Crippen molar-refractivity contribution < 1.29 is 8.42 Å². The first-order valence-electron chi connectivity index (χ1n) is 6.56. The van der Waals surface area contributed by atoms with E-state index in [9.17, 15) is 8.42 Å². The lowest BCUT2D eigenvalue weighted by atomic mass is 10.3. The molecule has 0 radical (unpaired) electrons. The van der Waals surface area contributed by atoms with Crippen molar-refractivity contribution in [3.63, 3.8) is 0 Å². The molecule has 0 spiro atoms. The standard InChI is InChI=1S/C13H17ClN2O2S2/c1-3-7-16(8-4-2)13-15-11-6-5-10(20(14,17)18)9-12(11)19-13/h5-6,9H,3-4,7-8H2,1-2H3. The average Bonchev–Trinajstić information content (AvgIpc) is 2.80. The molecular weight excluding hydrogens is 316 g/mol. The minimum atomic E-state index is -3.69. The van der Waals surface area contributed by atoms with Gasteiger partial charge in [0.05, 0.1) is 15.1 Å². The van der Waals surface area contributed by atoms with Gasteiger partial charge in [0.2, 0.25) is 0 Å². The van der Waals surface area contributed by atoms with Crippen LogP contribution in [0.15, 0.2) is 23.1 Å². The number of hydrogen-bond donors (Lipinski definition) is 0. The Morgan fingerprint density at radius 2 is 1.90 bits per heavy atom. The lowest BCUT2D eigenvalue weighted by molar-refractivity contribution is 0.609. The van der Waals surface area contributed by atoms with Gasteiger partial charge >= 0.3 is 0 Å². The number of anilines is 1. The molecule has 0 saturated heterocycles. The molecule has 0 atom stereocenters. The van der Waals surface area contributed by atoms with E-state index in [1.807, 2.05) is 0 Å². The number of aromatic nitrogens is 1. The van der Waals surface area contributed by atoms with Crippen LogP contribution in [0.2, 0.25) is 0 Å². The van der Waals surface area contributed by atoms with E-state index in [1.54, 1.807) is 12.1 Å². The summed E-state index contributed by atoms with van der Waals surface area (Å²) in [4.78, 5) is 6.94. The van der Waals surface area contributed by atoms with Crippen LogP contribution in [0.25, 0.3) is 10.2 Å². The van der Waals surface area contributed by atoms with Crippen LogP contribution in [0.4, 0.5) is 5.13 Å². The Hall–Kier alpha value is -0.850. The van der Waals surface area contributed by atoms with Gasteiger partial charge in [0.15, 0.2) is 5.13 Å². The molecule has 2 aromatic rings. The van der Waals surface area contributed by atoms with Gasteiger partial charge < -0.3 is 4.90 Å². The molecule has 0 aliphatic rings. The normalized spacial score (nSPS) is 11.9. The summed E-state index contributed by atoms with van der Waals surface area (Å²) >= 11 is 1.51. The largest absolute Gasteiger partial charge is 0.348 e. The number of thiazole rings is 1. The fraction of sp³-hybridized carbons (Fsp3) is 0.462. The second-order valence-electron chi connectivity index (χ2n) is 4.55. The summed E-state index contributed by atoms with van der Waals surface area (Å²) in [5, 5.41) is 0.938. The van der Waals surface area contributed by atoms with Crippen LogP contribution in [-0.4, -0.2) is 26.5 Å². The fourth-order valence-corrected chi connectivity index (χ4v) is 3.93. The van der Waals surface area contributed by atoms with Crippen molar-refractivity contribution in [1.82, 2.24) is 4.98 Å². The van der Waals surface area contributed by atoms with E-state index in [1.165, 1.54) is 17.4 Å². The maximum Gasteiger partial charge on any atom is 0.261 e. The van der Waals surface area contributed by atoms with Crippen LogP contribution < -0.4 is 4.90 Å². The Kier molecular flexibility index (Phi) is 4.88. The van der Waals surface area contributed by atoms with E-state index in [2.05, 4.69) is 23.7 Å². The molecule has 1 aromatic heterocycles. The van der Waals surface area contributed by atoms with Crippen LogP contribution in [0.3, 0.4) is 0 Å². The van der Waals surface area contributed by atoms with Gasteiger partial charge in [0.1, 0.15) is 0 Å². The summed E-state index contributed by atoms with van der Waals surface area (Å²) in [5.74, 6) is 0. The number of rotatable bonds is 6. The fourth-order valence-electron chi connectivity index (χ4n) is 2.02. The molecule has 1 heterocycles. The highest BCUT2D eigenvalue weighted by Gasteiger charge is 2.15. The van der Waals surface area contributed by atoms with Crippen LogP contribution >= 0.6 is 22.0 Å². The Bertz CT molecular complexity index is 691. The van der Waals surface area contributed by atoms with Crippen molar-refractivity contribution in [2.45, 2.75) is 31.6 Å². The summed E-state index contributed by atoms with van der Waals surface area (Å²) in [6.45, 7) is 6.17. The highest BCUT2D eigenvalue weighted by Crippen LogP contribution is 2.31. The molecule has 0 fully saturated rings. The van der Waals surface area contributed by atoms with Gasteiger partial charge in [-0.25, -0.2) is 13.4 Å². The first-order valence-corrected chi connectivity index (χ1v) is 9.68. The number of hydrogen-bond acceptors (Lipinski definition) is 5. The zero-order valence-corrected chi connectivity index (χ0v) is 13.9. The van der Waals surface area contributed by atoms with E-state index in [4.69, 9.17) is 10.7 Å². The molecule has 4 nitrogen and oxygen atoms in total. The molecule has 0 saturated carbocycles. The maximum absolute atomic E-state index is 11.4. The number of fused-ring (bicyclic) bond motifs is 1. The Labute approximate surface area is 127 Å². The quantitative estimate of drug-likeness (QED) is 0.754. The van der Waals surface area contributed by atoms with Gasteiger partial charge in [-0.15, -0.1) is 0 Å². The predicted molar refractivity (Wildman–Crippen MR) is 85.5 cm³/mol. The van der Waals surface area contributed by atoms with Crippen molar-refractivity contribution in [3.8, 4) is 0 Å². The maximum atomic E-state index is 11.4. The molecule has 110 valence electrons. The minimum Gasteiger partial charge on any atom is -0.348 e. The van der Waals surface area contributed by atoms with E-state index in [0.717, 1.165) is 41.3 Å². The zero-order chi connectivity index (χ0) is 14.8. The molecule has 0 N–H and O–H groups in total. The zero-order valence-electron chi connectivity index (χ0n) is 11.5. The summed E-state index contributed by atoms with van der Waals surface area (Å²) in [6.07, 6.45) is 2.11. The van der Waals surface area contributed by atoms with E-state index < -0.39 is 9.05 Å². The number of halogens is 1. The van der Waals surface area contributed by atoms with Crippen molar-refractivity contribution in [2.75, 3.05) is 18.0 Å². The molecule has 7 heteroatoms. The molecule has 0 aliphatic carbocycles. The molecule has 0 bridgehead atoms. The lowest BCUT2D eigenvalue weighted by Crippen LogP contribution is -2.24. The second-order valence-corrected chi connectivity index (χ2v) is 8.13. The van der Waals surface area contributed by atoms with Crippen LogP contribution in [0.5, 0.6) is 0 Å². The van der Waals surface area contributed by atoms with Crippen molar-refractivity contribution in [3.05, 3.63) is 18.2 Å². The highest BCUT2D eigenvalue weighted by atomic mass is 35.7. The van der Waals surface area contributed by atoms with Gasteiger partial charge in [0, 0.05) is 23.8 Å². The molecule has 0 unspecified atom stereocenters. The molecule has 1 aromatic carbocycles. The average molecular weight is 333 g/mol. The van der Waals surface area contributed by atoms with Crippen molar-refractivity contribution in [1.29, 1.82) is 0 Å². The third-order valence-corrected chi connectivity index (χ3v) is 5.32. The number of nitrogens with zero attached hydrogens (tertiary/aromatic N) is 2.